The Labute approximate surface area is 116 Å². The first-order valence-corrected chi connectivity index (χ1v) is 7.11. The van der Waals surface area contributed by atoms with E-state index in [4.69, 9.17) is 4.74 Å². The second-order valence-electron chi connectivity index (χ2n) is 4.75. The monoisotopic (exact) mass is 311 g/mol. The van der Waals surface area contributed by atoms with Crippen molar-refractivity contribution in [2.75, 3.05) is 12.4 Å². The van der Waals surface area contributed by atoms with Crippen molar-refractivity contribution in [1.29, 1.82) is 0 Å². The molecule has 1 saturated carbocycles. The van der Waals surface area contributed by atoms with Crippen molar-refractivity contribution in [1.82, 2.24) is 0 Å². The topological polar surface area (TPSA) is 38.3 Å². The molecule has 18 heavy (non-hydrogen) atoms. The molecular formula is C14H18BrNO2. The minimum absolute atomic E-state index is 0.0934. The molecule has 3 nitrogen and oxygen atoms in total. The number of halogens is 1. The first-order valence-electron chi connectivity index (χ1n) is 6.32. The van der Waals surface area contributed by atoms with Crippen molar-refractivity contribution >= 4 is 27.5 Å². The third-order valence-corrected chi connectivity index (χ3v) is 4.09. The van der Waals surface area contributed by atoms with Gasteiger partial charge in [-0.2, -0.15) is 0 Å². The molecule has 0 saturated heterocycles. The van der Waals surface area contributed by atoms with E-state index in [1.165, 1.54) is 25.7 Å². The summed E-state index contributed by atoms with van der Waals surface area (Å²) in [5, 5.41) is 2.95. The van der Waals surface area contributed by atoms with Gasteiger partial charge in [0, 0.05) is 17.0 Å². The van der Waals surface area contributed by atoms with Crippen molar-refractivity contribution in [2.24, 2.45) is 5.92 Å². The van der Waals surface area contributed by atoms with E-state index >= 15 is 0 Å². The lowest BCUT2D eigenvalue weighted by atomic mass is 10.0. The minimum Gasteiger partial charge on any atom is -0.497 e. The van der Waals surface area contributed by atoms with Gasteiger partial charge in [0.25, 0.3) is 0 Å². The third kappa shape index (κ3) is 3.48. The van der Waals surface area contributed by atoms with Crippen LogP contribution in [-0.4, -0.2) is 13.0 Å². The van der Waals surface area contributed by atoms with Crippen molar-refractivity contribution < 1.29 is 9.53 Å². The largest absolute Gasteiger partial charge is 0.497 e. The number of amides is 1. The molecule has 1 amide bonds. The molecule has 0 aromatic heterocycles. The number of hydrogen-bond acceptors (Lipinski definition) is 2. The molecular weight excluding hydrogens is 294 g/mol. The lowest BCUT2D eigenvalue weighted by molar-refractivity contribution is -0.117. The number of benzene rings is 1. The standard InChI is InChI=1S/C14H18BrNO2/c1-18-11-6-7-12(15)13(9-11)16-14(17)8-10-4-2-3-5-10/h6-7,9-10H,2-5,8H2,1H3,(H,16,17). The number of carbonyl (C=O) groups is 1. The maximum absolute atomic E-state index is 11.9. The number of hydrogen-bond donors (Lipinski definition) is 1. The van der Waals surface area contributed by atoms with Gasteiger partial charge >= 0.3 is 0 Å². The van der Waals surface area contributed by atoms with Crippen LogP contribution in [0.25, 0.3) is 0 Å². The van der Waals surface area contributed by atoms with Crippen LogP contribution in [0.2, 0.25) is 0 Å². The van der Waals surface area contributed by atoms with Gasteiger partial charge in [-0.05, 0) is 46.8 Å². The number of rotatable bonds is 4. The summed E-state index contributed by atoms with van der Waals surface area (Å²) >= 11 is 3.43. The molecule has 1 aromatic carbocycles. The lowest BCUT2D eigenvalue weighted by Crippen LogP contribution is -2.15. The first kappa shape index (κ1) is 13.4. The maximum Gasteiger partial charge on any atom is 0.224 e. The molecule has 0 heterocycles. The SMILES string of the molecule is COc1ccc(Br)c(NC(=O)CC2CCCC2)c1. The summed E-state index contributed by atoms with van der Waals surface area (Å²) in [5.41, 5.74) is 0.775. The summed E-state index contributed by atoms with van der Waals surface area (Å²) < 4.78 is 6.03. The van der Waals surface area contributed by atoms with Crippen LogP contribution in [0, 0.1) is 5.92 Å². The zero-order valence-corrected chi connectivity index (χ0v) is 12.1. The van der Waals surface area contributed by atoms with E-state index in [1.807, 2.05) is 18.2 Å². The molecule has 0 aliphatic heterocycles. The highest BCUT2D eigenvalue weighted by Gasteiger charge is 2.18. The number of anilines is 1. The average Bonchev–Trinajstić information content (AvgIpc) is 2.84. The zero-order valence-electron chi connectivity index (χ0n) is 10.5. The molecule has 1 aliphatic rings. The van der Waals surface area contributed by atoms with Crippen LogP contribution in [0.1, 0.15) is 32.1 Å². The predicted molar refractivity (Wildman–Crippen MR) is 75.9 cm³/mol. The van der Waals surface area contributed by atoms with Gasteiger partial charge in [0.15, 0.2) is 0 Å². The normalized spacial score (nSPS) is 15.7. The summed E-state index contributed by atoms with van der Waals surface area (Å²) in [4.78, 5) is 11.9. The van der Waals surface area contributed by atoms with E-state index in [-0.39, 0.29) is 5.91 Å². The first-order chi connectivity index (χ1) is 8.69. The van der Waals surface area contributed by atoms with E-state index < -0.39 is 0 Å². The Morgan fingerprint density at radius 3 is 2.83 bits per heavy atom. The number of carbonyl (C=O) groups excluding carboxylic acids is 1. The highest BCUT2D eigenvalue weighted by Crippen LogP contribution is 2.30. The van der Waals surface area contributed by atoms with Crippen LogP contribution < -0.4 is 10.1 Å². The molecule has 0 unspecified atom stereocenters. The fourth-order valence-corrected chi connectivity index (χ4v) is 2.75. The quantitative estimate of drug-likeness (QED) is 0.913. The number of methoxy groups -OCH3 is 1. The number of nitrogens with one attached hydrogen (secondary N) is 1. The van der Waals surface area contributed by atoms with Gasteiger partial charge < -0.3 is 10.1 Å². The Kier molecular flexibility index (Phi) is 4.64. The predicted octanol–water partition coefficient (Wildman–Crippen LogP) is 3.98. The maximum atomic E-state index is 11.9. The van der Waals surface area contributed by atoms with Crippen LogP contribution >= 0.6 is 15.9 Å². The minimum atomic E-state index is 0.0934. The van der Waals surface area contributed by atoms with Gasteiger partial charge in [0.05, 0.1) is 12.8 Å². The Morgan fingerprint density at radius 1 is 1.44 bits per heavy atom. The summed E-state index contributed by atoms with van der Waals surface area (Å²) in [6.07, 6.45) is 5.53. The summed E-state index contributed by atoms with van der Waals surface area (Å²) in [6, 6.07) is 5.57. The van der Waals surface area contributed by atoms with E-state index in [2.05, 4.69) is 21.2 Å². The molecule has 98 valence electrons. The van der Waals surface area contributed by atoms with E-state index in [0.29, 0.717) is 12.3 Å². The van der Waals surface area contributed by atoms with E-state index in [0.717, 1.165) is 15.9 Å². The van der Waals surface area contributed by atoms with Gasteiger partial charge in [-0.3, -0.25) is 4.79 Å². The molecule has 2 rings (SSSR count). The highest BCUT2D eigenvalue weighted by molar-refractivity contribution is 9.10. The molecule has 0 bridgehead atoms. The fourth-order valence-electron chi connectivity index (χ4n) is 2.41. The van der Waals surface area contributed by atoms with Crippen LogP contribution in [0.4, 0.5) is 5.69 Å². The van der Waals surface area contributed by atoms with Crippen molar-refractivity contribution in [2.45, 2.75) is 32.1 Å². The second kappa shape index (κ2) is 6.23. The zero-order chi connectivity index (χ0) is 13.0. The van der Waals surface area contributed by atoms with Crippen molar-refractivity contribution in [3.05, 3.63) is 22.7 Å². The molecule has 1 aromatic rings. The van der Waals surface area contributed by atoms with Gasteiger partial charge in [-0.15, -0.1) is 0 Å². The lowest BCUT2D eigenvalue weighted by Gasteiger charge is -2.11. The smallest absolute Gasteiger partial charge is 0.224 e. The number of ether oxygens (including phenoxy) is 1. The third-order valence-electron chi connectivity index (χ3n) is 3.40. The van der Waals surface area contributed by atoms with Crippen molar-refractivity contribution in [3.8, 4) is 5.75 Å². The van der Waals surface area contributed by atoms with Gasteiger partial charge in [0.2, 0.25) is 5.91 Å². The van der Waals surface area contributed by atoms with Crippen LogP contribution in [0.5, 0.6) is 5.75 Å². The Balaban J connectivity index is 1.97. The van der Waals surface area contributed by atoms with E-state index in [9.17, 15) is 4.79 Å². The summed E-state index contributed by atoms with van der Waals surface area (Å²) in [7, 11) is 1.62. The Bertz CT molecular complexity index is 428. The summed E-state index contributed by atoms with van der Waals surface area (Å²) in [5.74, 6) is 1.40. The molecule has 1 fully saturated rings. The molecule has 1 aliphatic carbocycles. The molecule has 4 heteroatoms. The van der Waals surface area contributed by atoms with Gasteiger partial charge in [-0.1, -0.05) is 12.8 Å². The highest BCUT2D eigenvalue weighted by atomic mass is 79.9. The molecule has 0 radical (unpaired) electrons. The summed E-state index contributed by atoms with van der Waals surface area (Å²) in [6.45, 7) is 0. The molecule has 0 spiro atoms. The molecule has 0 atom stereocenters. The van der Waals surface area contributed by atoms with Crippen LogP contribution in [0.3, 0.4) is 0 Å². The fraction of sp³-hybridized carbons (Fsp3) is 0.500. The van der Waals surface area contributed by atoms with Crippen LogP contribution in [-0.2, 0) is 4.79 Å². The molecule has 1 N–H and O–H groups in total. The average molecular weight is 312 g/mol. The van der Waals surface area contributed by atoms with Crippen molar-refractivity contribution in [3.63, 3.8) is 0 Å². The van der Waals surface area contributed by atoms with Gasteiger partial charge in [-0.25, -0.2) is 0 Å². The van der Waals surface area contributed by atoms with E-state index in [1.54, 1.807) is 7.11 Å². The Morgan fingerprint density at radius 2 is 2.17 bits per heavy atom. The Hall–Kier alpha value is -1.03. The van der Waals surface area contributed by atoms with Gasteiger partial charge in [0.1, 0.15) is 5.75 Å². The second-order valence-corrected chi connectivity index (χ2v) is 5.60. The van der Waals surface area contributed by atoms with Crippen LogP contribution in [0.15, 0.2) is 22.7 Å².